The molecule has 0 spiro atoms. The monoisotopic (exact) mass is 237 g/mol. The van der Waals surface area contributed by atoms with Crippen LogP contribution in [0.15, 0.2) is 12.1 Å². The molecule has 0 aromatic heterocycles. The second kappa shape index (κ2) is 4.53. The third-order valence-corrected chi connectivity index (χ3v) is 2.15. The van der Waals surface area contributed by atoms with Crippen molar-refractivity contribution in [2.75, 3.05) is 0 Å². The predicted octanol–water partition coefficient (Wildman–Crippen LogP) is 1.74. The van der Waals surface area contributed by atoms with E-state index in [-0.39, 0.29) is 12.0 Å². The Bertz CT molecular complexity index is 397. The van der Waals surface area contributed by atoms with Crippen molar-refractivity contribution >= 4 is 17.5 Å². The normalized spacial score (nSPS) is 12.5. The zero-order valence-electron chi connectivity index (χ0n) is 7.44. The van der Waals surface area contributed by atoms with Gasteiger partial charge in [-0.25, -0.2) is 13.2 Å². The molecule has 0 radical (unpaired) electrons. The zero-order chi connectivity index (χ0) is 11.6. The SMILES string of the molecule is NC(=O)C(Cl)Cc1cc(F)cc(F)c1F. The van der Waals surface area contributed by atoms with E-state index < -0.39 is 28.7 Å². The van der Waals surface area contributed by atoms with Gasteiger partial charge in [-0.1, -0.05) is 0 Å². The lowest BCUT2D eigenvalue weighted by molar-refractivity contribution is -0.117. The number of benzene rings is 1. The van der Waals surface area contributed by atoms with Crippen molar-refractivity contribution in [3.05, 3.63) is 35.1 Å². The quantitative estimate of drug-likeness (QED) is 0.632. The van der Waals surface area contributed by atoms with Crippen molar-refractivity contribution in [1.82, 2.24) is 0 Å². The van der Waals surface area contributed by atoms with Gasteiger partial charge in [0.2, 0.25) is 5.91 Å². The molecular formula is C9H7ClF3NO. The van der Waals surface area contributed by atoms with Crippen molar-refractivity contribution in [2.24, 2.45) is 5.73 Å². The van der Waals surface area contributed by atoms with E-state index >= 15 is 0 Å². The summed E-state index contributed by atoms with van der Waals surface area (Å²) in [6, 6.07) is 1.18. The third-order valence-electron chi connectivity index (χ3n) is 1.78. The molecule has 0 fully saturated rings. The van der Waals surface area contributed by atoms with Gasteiger partial charge < -0.3 is 5.73 Å². The molecule has 1 aromatic rings. The van der Waals surface area contributed by atoms with E-state index in [2.05, 4.69) is 0 Å². The average Bonchev–Trinajstić information content (AvgIpc) is 2.13. The molecule has 0 aliphatic rings. The first-order valence-corrected chi connectivity index (χ1v) is 4.42. The number of primary amides is 1. The van der Waals surface area contributed by atoms with Gasteiger partial charge in [-0.05, 0) is 11.6 Å². The minimum absolute atomic E-state index is 0.314. The van der Waals surface area contributed by atoms with Crippen LogP contribution in [0.5, 0.6) is 0 Å². The molecule has 1 unspecified atom stereocenters. The summed E-state index contributed by atoms with van der Waals surface area (Å²) in [6.07, 6.45) is -0.350. The van der Waals surface area contributed by atoms with Gasteiger partial charge in [-0.2, -0.15) is 0 Å². The minimum atomic E-state index is -1.32. The number of carbonyl (C=O) groups is 1. The average molecular weight is 238 g/mol. The molecule has 1 atom stereocenters. The van der Waals surface area contributed by atoms with Gasteiger partial charge in [0.05, 0.1) is 0 Å². The highest BCUT2D eigenvalue weighted by atomic mass is 35.5. The fourth-order valence-corrected chi connectivity index (χ4v) is 1.22. The molecule has 2 N–H and O–H groups in total. The first-order chi connectivity index (χ1) is 6.91. The molecule has 1 rings (SSSR count). The van der Waals surface area contributed by atoms with Gasteiger partial charge in [-0.15, -0.1) is 11.6 Å². The zero-order valence-corrected chi connectivity index (χ0v) is 8.19. The molecule has 0 aliphatic heterocycles. The standard InChI is InChI=1S/C9H7ClF3NO/c10-6(9(14)15)2-4-1-5(11)3-7(12)8(4)13/h1,3,6H,2H2,(H2,14,15). The summed E-state index contributed by atoms with van der Waals surface area (Å²) in [4.78, 5) is 10.6. The molecule has 0 bridgehead atoms. The fraction of sp³-hybridized carbons (Fsp3) is 0.222. The Morgan fingerprint density at radius 1 is 1.40 bits per heavy atom. The molecule has 0 aliphatic carbocycles. The van der Waals surface area contributed by atoms with Crippen LogP contribution in [0.25, 0.3) is 0 Å². The Balaban J connectivity index is 2.99. The van der Waals surface area contributed by atoms with E-state index in [4.69, 9.17) is 17.3 Å². The van der Waals surface area contributed by atoms with E-state index in [1.165, 1.54) is 0 Å². The summed E-state index contributed by atoms with van der Waals surface area (Å²) in [6.45, 7) is 0. The number of amides is 1. The molecule has 0 saturated heterocycles. The van der Waals surface area contributed by atoms with Gasteiger partial charge >= 0.3 is 0 Å². The summed E-state index contributed by atoms with van der Waals surface area (Å²) in [5, 5.41) is -1.19. The summed E-state index contributed by atoms with van der Waals surface area (Å²) < 4.78 is 38.5. The number of rotatable bonds is 3. The van der Waals surface area contributed by atoms with E-state index in [9.17, 15) is 18.0 Å². The van der Waals surface area contributed by atoms with Crippen LogP contribution in [-0.4, -0.2) is 11.3 Å². The van der Waals surface area contributed by atoms with Gasteiger partial charge in [0.15, 0.2) is 11.6 Å². The molecular weight excluding hydrogens is 231 g/mol. The predicted molar refractivity (Wildman–Crippen MR) is 48.9 cm³/mol. The Hall–Kier alpha value is -1.23. The first kappa shape index (κ1) is 11.8. The summed E-state index contributed by atoms with van der Waals surface area (Å²) in [5.41, 5.74) is 4.52. The van der Waals surface area contributed by atoms with Crippen LogP contribution >= 0.6 is 11.6 Å². The summed E-state index contributed by atoms with van der Waals surface area (Å²) >= 11 is 5.44. The second-order valence-electron chi connectivity index (χ2n) is 2.93. The molecule has 2 nitrogen and oxygen atoms in total. The Morgan fingerprint density at radius 3 is 2.53 bits per heavy atom. The van der Waals surface area contributed by atoms with Crippen LogP contribution < -0.4 is 5.73 Å². The van der Waals surface area contributed by atoms with Crippen LogP contribution in [0, 0.1) is 17.5 Å². The number of halogens is 4. The lowest BCUT2D eigenvalue weighted by atomic mass is 10.1. The van der Waals surface area contributed by atoms with Crippen molar-refractivity contribution < 1.29 is 18.0 Å². The molecule has 1 amide bonds. The number of hydrogen-bond acceptors (Lipinski definition) is 1. The molecule has 15 heavy (non-hydrogen) atoms. The number of nitrogens with two attached hydrogens (primary N) is 1. The third kappa shape index (κ3) is 2.86. The molecule has 0 saturated carbocycles. The molecule has 1 aromatic carbocycles. The van der Waals surface area contributed by atoms with E-state index in [0.29, 0.717) is 6.07 Å². The van der Waals surface area contributed by atoms with Crippen molar-refractivity contribution in [1.29, 1.82) is 0 Å². The van der Waals surface area contributed by atoms with Crippen LogP contribution in [-0.2, 0) is 11.2 Å². The Morgan fingerprint density at radius 2 is 2.00 bits per heavy atom. The number of alkyl halides is 1. The van der Waals surface area contributed by atoms with Gasteiger partial charge in [0.1, 0.15) is 11.2 Å². The maximum absolute atomic E-state index is 13.1. The maximum Gasteiger partial charge on any atom is 0.235 e. The van der Waals surface area contributed by atoms with Crippen LogP contribution in [0.3, 0.4) is 0 Å². The van der Waals surface area contributed by atoms with Gasteiger partial charge in [0.25, 0.3) is 0 Å². The Labute approximate surface area is 88.8 Å². The highest BCUT2D eigenvalue weighted by Crippen LogP contribution is 2.17. The fourth-order valence-electron chi connectivity index (χ4n) is 1.05. The van der Waals surface area contributed by atoms with E-state index in [1.54, 1.807) is 0 Å². The van der Waals surface area contributed by atoms with Gasteiger partial charge in [0, 0.05) is 12.5 Å². The number of hydrogen-bond donors (Lipinski definition) is 1. The van der Waals surface area contributed by atoms with Crippen molar-refractivity contribution in [3.8, 4) is 0 Å². The Kier molecular flexibility index (Phi) is 3.57. The lowest BCUT2D eigenvalue weighted by Gasteiger charge is -2.07. The highest BCUT2D eigenvalue weighted by Gasteiger charge is 2.17. The number of carbonyl (C=O) groups excluding carboxylic acids is 1. The lowest BCUT2D eigenvalue weighted by Crippen LogP contribution is -2.26. The minimum Gasteiger partial charge on any atom is -0.368 e. The van der Waals surface area contributed by atoms with Crippen molar-refractivity contribution in [2.45, 2.75) is 11.8 Å². The summed E-state index contributed by atoms with van der Waals surface area (Å²) in [7, 11) is 0. The van der Waals surface area contributed by atoms with Crippen LogP contribution in [0.2, 0.25) is 0 Å². The van der Waals surface area contributed by atoms with E-state index in [1.807, 2.05) is 0 Å². The van der Waals surface area contributed by atoms with Crippen molar-refractivity contribution in [3.63, 3.8) is 0 Å². The molecule has 0 heterocycles. The first-order valence-electron chi connectivity index (χ1n) is 3.98. The second-order valence-corrected chi connectivity index (χ2v) is 3.46. The maximum atomic E-state index is 13.1. The largest absolute Gasteiger partial charge is 0.368 e. The highest BCUT2D eigenvalue weighted by molar-refractivity contribution is 6.30. The topological polar surface area (TPSA) is 43.1 Å². The van der Waals surface area contributed by atoms with Gasteiger partial charge in [-0.3, -0.25) is 4.79 Å². The molecule has 82 valence electrons. The van der Waals surface area contributed by atoms with E-state index in [0.717, 1.165) is 6.07 Å². The molecule has 6 heteroatoms. The van der Waals surface area contributed by atoms with Crippen LogP contribution in [0.4, 0.5) is 13.2 Å². The summed E-state index contributed by atoms with van der Waals surface area (Å²) in [5.74, 6) is -4.35. The van der Waals surface area contributed by atoms with Crippen LogP contribution in [0.1, 0.15) is 5.56 Å². The smallest absolute Gasteiger partial charge is 0.235 e.